The standard InChI is InChI=1S/C10H19N5OS/c1-6(2)7(5-15(3)4)12-8(16)9-13-14-10(11)17-9/h6-7H,5H2,1-4H3,(H2,11,14)(H,12,16). The van der Waals surface area contributed by atoms with Crippen molar-refractivity contribution in [2.75, 3.05) is 26.4 Å². The molecule has 0 aliphatic rings. The fourth-order valence-electron chi connectivity index (χ4n) is 1.37. The Bertz CT molecular complexity index is 377. The van der Waals surface area contributed by atoms with Crippen LogP contribution in [0.1, 0.15) is 23.6 Å². The van der Waals surface area contributed by atoms with Crippen molar-refractivity contribution in [3.8, 4) is 0 Å². The smallest absolute Gasteiger partial charge is 0.282 e. The summed E-state index contributed by atoms with van der Waals surface area (Å²) in [4.78, 5) is 13.9. The van der Waals surface area contributed by atoms with Gasteiger partial charge in [-0.2, -0.15) is 0 Å². The fraction of sp³-hybridized carbons (Fsp3) is 0.700. The number of nitrogen functional groups attached to an aromatic ring is 1. The molecule has 0 radical (unpaired) electrons. The van der Waals surface area contributed by atoms with Crippen molar-refractivity contribution in [1.29, 1.82) is 0 Å². The van der Waals surface area contributed by atoms with Gasteiger partial charge in [-0.25, -0.2) is 0 Å². The number of nitrogens with two attached hydrogens (primary N) is 1. The van der Waals surface area contributed by atoms with Gasteiger partial charge < -0.3 is 16.0 Å². The minimum atomic E-state index is -0.209. The van der Waals surface area contributed by atoms with Crippen LogP contribution in [0.2, 0.25) is 0 Å². The van der Waals surface area contributed by atoms with Gasteiger partial charge in [0, 0.05) is 12.6 Å². The van der Waals surface area contributed by atoms with Crippen LogP contribution in [0, 0.1) is 5.92 Å². The van der Waals surface area contributed by atoms with Crippen LogP contribution in [0.5, 0.6) is 0 Å². The molecule has 3 N–H and O–H groups in total. The zero-order valence-electron chi connectivity index (χ0n) is 10.6. The molecule has 1 heterocycles. The molecule has 0 bridgehead atoms. The van der Waals surface area contributed by atoms with E-state index in [0.717, 1.165) is 17.9 Å². The molecule has 1 aromatic rings. The van der Waals surface area contributed by atoms with Crippen LogP contribution in [0.15, 0.2) is 0 Å². The first-order valence-electron chi connectivity index (χ1n) is 5.44. The van der Waals surface area contributed by atoms with Crippen LogP contribution in [0.4, 0.5) is 5.13 Å². The van der Waals surface area contributed by atoms with Crippen LogP contribution in [-0.4, -0.2) is 47.7 Å². The number of nitrogens with one attached hydrogen (secondary N) is 1. The van der Waals surface area contributed by atoms with Gasteiger partial charge in [0.1, 0.15) is 0 Å². The monoisotopic (exact) mass is 257 g/mol. The second kappa shape index (κ2) is 5.92. The summed E-state index contributed by atoms with van der Waals surface area (Å²) in [5.41, 5.74) is 5.44. The van der Waals surface area contributed by atoms with Gasteiger partial charge in [0.05, 0.1) is 0 Å². The van der Waals surface area contributed by atoms with Gasteiger partial charge in [-0.1, -0.05) is 25.2 Å². The topological polar surface area (TPSA) is 84.1 Å². The highest BCUT2D eigenvalue weighted by molar-refractivity contribution is 7.16. The van der Waals surface area contributed by atoms with E-state index in [1.165, 1.54) is 0 Å². The Morgan fingerprint density at radius 1 is 1.47 bits per heavy atom. The molecule has 1 amide bonds. The molecule has 0 spiro atoms. The van der Waals surface area contributed by atoms with E-state index in [-0.39, 0.29) is 11.9 Å². The first-order valence-corrected chi connectivity index (χ1v) is 6.26. The number of amides is 1. The van der Waals surface area contributed by atoms with Crippen molar-refractivity contribution >= 4 is 22.4 Å². The molecule has 1 unspecified atom stereocenters. The second-order valence-electron chi connectivity index (χ2n) is 4.53. The van der Waals surface area contributed by atoms with Crippen molar-refractivity contribution < 1.29 is 4.79 Å². The van der Waals surface area contributed by atoms with Crippen LogP contribution < -0.4 is 11.1 Å². The molecule has 1 rings (SSSR count). The van der Waals surface area contributed by atoms with Crippen LogP contribution >= 0.6 is 11.3 Å². The predicted molar refractivity (Wildman–Crippen MR) is 69.0 cm³/mol. The van der Waals surface area contributed by atoms with Gasteiger partial charge in [0.25, 0.3) is 5.91 Å². The summed E-state index contributed by atoms with van der Waals surface area (Å²) < 4.78 is 0. The lowest BCUT2D eigenvalue weighted by Crippen LogP contribution is -2.45. The first-order chi connectivity index (χ1) is 7.90. The van der Waals surface area contributed by atoms with Crippen LogP contribution in [0.3, 0.4) is 0 Å². The minimum Gasteiger partial charge on any atom is -0.374 e. The van der Waals surface area contributed by atoms with Crippen molar-refractivity contribution in [2.45, 2.75) is 19.9 Å². The van der Waals surface area contributed by atoms with Gasteiger partial charge >= 0.3 is 0 Å². The van der Waals surface area contributed by atoms with E-state index in [9.17, 15) is 4.79 Å². The normalized spacial score (nSPS) is 13.1. The highest BCUT2D eigenvalue weighted by atomic mass is 32.1. The second-order valence-corrected chi connectivity index (χ2v) is 5.54. The average molecular weight is 257 g/mol. The quantitative estimate of drug-likeness (QED) is 0.799. The van der Waals surface area contributed by atoms with E-state index < -0.39 is 0 Å². The Morgan fingerprint density at radius 2 is 2.12 bits per heavy atom. The number of hydrogen-bond acceptors (Lipinski definition) is 6. The third-order valence-electron chi connectivity index (χ3n) is 2.32. The zero-order chi connectivity index (χ0) is 13.0. The van der Waals surface area contributed by atoms with Gasteiger partial charge in [-0.15, -0.1) is 10.2 Å². The largest absolute Gasteiger partial charge is 0.374 e. The van der Waals surface area contributed by atoms with Crippen molar-refractivity contribution in [2.24, 2.45) is 5.92 Å². The summed E-state index contributed by atoms with van der Waals surface area (Å²) in [6.07, 6.45) is 0. The third-order valence-corrected chi connectivity index (χ3v) is 3.07. The highest BCUT2D eigenvalue weighted by Crippen LogP contribution is 2.12. The molecule has 1 aromatic heterocycles. The fourth-order valence-corrected chi connectivity index (χ4v) is 1.89. The summed E-state index contributed by atoms with van der Waals surface area (Å²) in [5, 5.41) is 10.9. The van der Waals surface area contributed by atoms with Crippen molar-refractivity contribution in [1.82, 2.24) is 20.4 Å². The maximum atomic E-state index is 11.9. The van der Waals surface area contributed by atoms with E-state index in [4.69, 9.17) is 5.73 Å². The molecular formula is C10H19N5OS. The number of likely N-dealkylation sites (N-methyl/N-ethyl adjacent to an activating group) is 1. The van der Waals surface area contributed by atoms with Crippen LogP contribution in [-0.2, 0) is 0 Å². The summed E-state index contributed by atoms with van der Waals surface area (Å²) in [5.74, 6) is 0.145. The maximum absolute atomic E-state index is 11.9. The molecule has 6 nitrogen and oxygen atoms in total. The lowest BCUT2D eigenvalue weighted by molar-refractivity contribution is 0.0915. The minimum absolute atomic E-state index is 0.0858. The SMILES string of the molecule is CC(C)C(CN(C)C)NC(=O)c1nnc(N)s1. The molecule has 0 aliphatic heterocycles. The molecule has 0 aromatic carbocycles. The van der Waals surface area contributed by atoms with E-state index in [1.54, 1.807) is 0 Å². The molecular weight excluding hydrogens is 238 g/mol. The molecule has 96 valence electrons. The van der Waals surface area contributed by atoms with E-state index in [1.807, 2.05) is 19.0 Å². The highest BCUT2D eigenvalue weighted by Gasteiger charge is 2.20. The van der Waals surface area contributed by atoms with E-state index >= 15 is 0 Å². The molecule has 7 heteroatoms. The first kappa shape index (κ1) is 13.9. The third kappa shape index (κ3) is 4.27. The molecule has 17 heavy (non-hydrogen) atoms. The summed E-state index contributed by atoms with van der Waals surface area (Å²) in [7, 11) is 3.95. The zero-order valence-corrected chi connectivity index (χ0v) is 11.4. The molecule has 0 saturated heterocycles. The number of anilines is 1. The summed E-state index contributed by atoms with van der Waals surface area (Å²) in [6, 6.07) is 0.0858. The Kier molecular flexibility index (Phi) is 4.83. The Morgan fingerprint density at radius 3 is 2.53 bits per heavy atom. The number of aromatic nitrogens is 2. The molecule has 0 saturated carbocycles. The Labute approximate surface area is 105 Å². The number of hydrogen-bond donors (Lipinski definition) is 2. The van der Waals surface area contributed by atoms with Crippen LogP contribution in [0.25, 0.3) is 0 Å². The lowest BCUT2D eigenvalue weighted by atomic mass is 10.0. The molecule has 1 atom stereocenters. The van der Waals surface area contributed by atoms with Gasteiger partial charge in [-0.3, -0.25) is 4.79 Å². The van der Waals surface area contributed by atoms with E-state index in [0.29, 0.717) is 16.1 Å². The van der Waals surface area contributed by atoms with Crippen molar-refractivity contribution in [3.63, 3.8) is 0 Å². The molecule has 0 aliphatic carbocycles. The van der Waals surface area contributed by atoms with Crippen molar-refractivity contribution in [3.05, 3.63) is 5.01 Å². The summed E-state index contributed by atoms with van der Waals surface area (Å²) >= 11 is 1.10. The predicted octanol–water partition coefficient (Wildman–Crippen LogP) is 0.436. The lowest BCUT2D eigenvalue weighted by Gasteiger charge is -2.25. The summed E-state index contributed by atoms with van der Waals surface area (Å²) in [6.45, 7) is 4.93. The van der Waals surface area contributed by atoms with Gasteiger partial charge in [0.15, 0.2) is 0 Å². The average Bonchev–Trinajstić information content (AvgIpc) is 2.63. The van der Waals surface area contributed by atoms with Gasteiger partial charge in [0.2, 0.25) is 10.1 Å². The van der Waals surface area contributed by atoms with Gasteiger partial charge in [-0.05, 0) is 20.0 Å². The number of carbonyl (C=O) groups is 1. The maximum Gasteiger partial charge on any atom is 0.282 e. The number of nitrogens with zero attached hydrogens (tertiary/aromatic N) is 3. The Hall–Kier alpha value is -1.21. The molecule has 0 fully saturated rings. The Balaban J connectivity index is 2.64. The van der Waals surface area contributed by atoms with E-state index in [2.05, 4.69) is 29.4 Å². The number of rotatable bonds is 5. The number of carbonyl (C=O) groups excluding carboxylic acids is 1.